The van der Waals surface area contributed by atoms with E-state index in [-0.39, 0.29) is 5.29 Å². The van der Waals surface area contributed by atoms with Crippen LogP contribution in [0.4, 0.5) is 5.69 Å². The van der Waals surface area contributed by atoms with Gasteiger partial charge in [-0.3, -0.25) is 5.43 Å². The van der Waals surface area contributed by atoms with Crippen molar-refractivity contribution in [1.29, 1.82) is 0 Å². The van der Waals surface area contributed by atoms with Crippen molar-refractivity contribution in [3.8, 4) is 0 Å². The molecule has 3 N–H and O–H groups in total. The first kappa shape index (κ1) is 8.04. The van der Waals surface area contributed by atoms with Gasteiger partial charge in [-0.05, 0) is 23.7 Å². The molecule has 0 saturated heterocycles. The van der Waals surface area contributed by atoms with Crippen LogP contribution in [0.5, 0.6) is 0 Å². The van der Waals surface area contributed by atoms with Crippen molar-refractivity contribution in [2.24, 2.45) is 10.8 Å². The summed E-state index contributed by atoms with van der Waals surface area (Å²) < 4.78 is 0. The maximum absolute atomic E-state index is 5.51. The van der Waals surface area contributed by atoms with Crippen LogP contribution in [0, 0.1) is 0 Å². The maximum Gasteiger partial charge on any atom is 0.210 e. The second kappa shape index (κ2) is 3.95. The summed E-state index contributed by atoms with van der Waals surface area (Å²) in [6.07, 6.45) is 0. The number of rotatable bonds is 1. The minimum atomic E-state index is 0.177. The van der Waals surface area contributed by atoms with Crippen molar-refractivity contribution in [1.82, 2.24) is 5.43 Å². The van der Waals surface area contributed by atoms with Gasteiger partial charge in [0.05, 0.1) is 5.69 Å². The number of nitrogens with one attached hydrogen (secondary N) is 1. The van der Waals surface area contributed by atoms with Gasteiger partial charge in [0.25, 0.3) is 0 Å². The normalized spacial score (nSPS) is 11.3. The third-order valence-electron chi connectivity index (χ3n) is 1.10. The summed E-state index contributed by atoms with van der Waals surface area (Å²) in [5.74, 6) is 5.01. The van der Waals surface area contributed by atoms with Crippen LogP contribution in [-0.4, -0.2) is 5.29 Å². The second-order valence-corrected chi connectivity index (χ2v) is 2.24. The summed E-state index contributed by atoms with van der Waals surface area (Å²) >= 11 is 5.51. The van der Waals surface area contributed by atoms with Gasteiger partial charge in [-0.1, -0.05) is 18.2 Å². The highest BCUT2D eigenvalue weighted by Gasteiger charge is 1.88. The highest BCUT2D eigenvalue weighted by Crippen LogP contribution is 2.09. The third kappa shape index (κ3) is 2.57. The molecule has 0 unspecified atom stereocenters. The Hall–Kier alpha value is -1.06. The number of halogens is 1. The zero-order valence-electron chi connectivity index (χ0n) is 5.79. The molecule has 0 aromatic heterocycles. The average Bonchev–Trinajstić information content (AvgIpc) is 2.06. The number of amidine groups is 1. The molecule has 0 spiro atoms. The molecule has 3 nitrogen and oxygen atoms in total. The molecule has 58 valence electrons. The van der Waals surface area contributed by atoms with Crippen molar-refractivity contribution in [3.05, 3.63) is 30.3 Å². The van der Waals surface area contributed by atoms with Crippen molar-refractivity contribution < 1.29 is 0 Å². The molecule has 1 aromatic carbocycles. The fourth-order valence-electron chi connectivity index (χ4n) is 0.648. The zero-order valence-corrected chi connectivity index (χ0v) is 6.55. The lowest BCUT2D eigenvalue weighted by molar-refractivity contribution is 1.04. The van der Waals surface area contributed by atoms with Crippen LogP contribution in [0.2, 0.25) is 0 Å². The van der Waals surface area contributed by atoms with Gasteiger partial charge < -0.3 is 0 Å². The molecule has 4 heteroatoms. The third-order valence-corrected chi connectivity index (χ3v) is 1.30. The number of para-hydroxylation sites is 1. The summed E-state index contributed by atoms with van der Waals surface area (Å²) in [6, 6.07) is 9.32. The smallest absolute Gasteiger partial charge is 0.210 e. The molecule has 0 aliphatic rings. The minimum Gasteiger partial charge on any atom is -0.299 e. The first-order chi connectivity index (χ1) is 5.33. The Morgan fingerprint density at radius 2 is 2.00 bits per heavy atom. The van der Waals surface area contributed by atoms with E-state index in [0.29, 0.717) is 0 Å². The Balaban J connectivity index is 2.79. The van der Waals surface area contributed by atoms with Gasteiger partial charge in [-0.2, -0.15) is 0 Å². The highest BCUT2D eigenvalue weighted by atomic mass is 35.5. The largest absolute Gasteiger partial charge is 0.299 e. The molecule has 0 atom stereocenters. The summed E-state index contributed by atoms with van der Waals surface area (Å²) in [5, 5.41) is 0.177. The van der Waals surface area contributed by atoms with E-state index >= 15 is 0 Å². The standard InChI is InChI=1S/C7H8ClN3/c8-7(11-9)10-6-4-2-1-3-5-6/h1-5H,9H2,(H,10,11). The zero-order chi connectivity index (χ0) is 8.10. The van der Waals surface area contributed by atoms with E-state index in [0.717, 1.165) is 5.69 Å². The Morgan fingerprint density at radius 3 is 2.55 bits per heavy atom. The van der Waals surface area contributed by atoms with Gasteiger partial charge in [0, 0.05) is 0 Å². The summed E-state index contributed by atoms with van der Waals surface area (Å²) in [5.41, 5.74) is 3.00. The molecule has 0 aliphatic heterocycles. The topological polar surface area (TPSA) is 50.4 Å². The minimum absolute atomic E-state index is 0.177. The SMILES string of the molecule is NNC(Cl)=Nc1ccccc1. The Morgan fingerprint density at radius 1 is 1.36 bits per heavy atom. The van der Waals surface area contributed by atoms with Crippen LogP contribution in [0.1, 0.15) is 0 Å². The quantitative estimate of drug-likeness (QED) is 0.219. The fraction of sp³-hybridized carbons (Fsp3) is 0. The fourth-order valence-corrected chi connectivity index (χ4v) is 0.746. The van der Waals surface area contributed by atoms with Gasteiger partial charge in [0.15, 0.2) is 0 Å². The molecule has 1 aromatic rings. The van der Waals surface area contributed by atoms with Crippen molar-refractivity contribution in [2.75, 3.05) is 0 Å². The molecule has 0 bridgehead atoms. The summed E-state index contributed by atoms with van der Waals surface area (Å²) in [4.78, 5) is 3.92. The number of hydrazine groups is 1. The van der Waals surface area contributed by atoms with E-state index in [1.165, 1.54) is 0 Å². The van der Waals surface area contributed by atoms with Crippen LogP contribution in [-0.2, 0) is 0 Å². The molecule has 0 fully saturated rings. The van der Waals surface area contributed by atoms with E-state index in [9.17, 15) is 0 Å². The lowest BCUT2D eigenvalue weighted by atomic mass is 10.3. The number of nitrogens with zero attached hydrogens (tertiary/aromatic N) is 1. The van der Waals surface area contributed by atoms with Gasteiger partial charge in [-0.25, -0.2) is 10.8 Å². The molecular formula is C7H8ClN3. The monoisotopic (exact) mass is 169 g/mol. The van der Waals surface area contributed by atoms with Crippen LogP contribution < -0.4 is 11.3 Å². The second-order valence-electron chi connectivity index (χ2n) is 1.88. The maximum atomic E-state index is 5.51. The highest BCUT2D eigenvalue weighted by molar-refractivity contribution is 6.64. The predicted molar refractivity (Wildman–Crippen MR) is 46.7 cm³/mol. The van der Waals surface area contributed by atoms with Crippen molar-refractivity contribution >= 4 is 22.6 Å². The van der Waals surface area contributed by atoms with Gasteiger partial charge in [0.2, 0.25) is 5.29 Å². The Bertz CT molecular complexity index is 245. The van der Waals surface area contributed by atoms with Crippen molar-refractivity contribution in [3.63, 3.8) is 0 Å². The lowest BCUT2D eigenvalue weighted by Gasteiger charge is -1.94. The van der Waals surface area contributed by atoms with E-state index in [1.807, 2.05) is 30.3 Å². The van der Waals surface area contributed by atoms with E-state index in [2.05, 4.69) is 10.4 Å². The van der Waals surface area contributed by atoms with E-state index < -0.39 is 0 Å². The molecular weight excluding hydrogens is 162 g/mol. The lowest BCUT2D eigenvalue weighted by Crippen LogP contribution is -2.25. The van der Waals surface area contributed by atoms with Crippen LogP contribution in [0.25, 0.3) is 0 Å². The summed E-state index contributed by atoms with van der Waals surface area (Å²) in [7, 11) is 0. The number of hydrogen-bond donors (Lipinski definition) is 2. The molecule has 1 rings (SSSR count). The molecule has 0 heterocycles. The molecule has 0 radical (unpaired) electrons. The predicted octanol–water partition coefficient (Wildman–Crippen LogP) is 1.38. The van der Waals surface area contributed by atoms with Crippen LogP contribution in [0.3, 0.4) is 0 Å². The molecule has 0 amide bonds. The summed E-state index contributed by atoms with van der Waals surface area (Å²) in [6.45, 7) is 0. The van der Waals surface area contributed by atoms with Gasteiger partial charge in [-0.15, -0.1) is 0 Å². The van der Waals surface area contributed by atoms with Gasteiger partial charge in [0.1, 0.15) is 0 Å². The number of benzene rings is 1. The Labute approximate surface area is 69.9 Å². The van der Waals surface area contributed by atoms with E-state index in [4.69, 9.17) is 17.4 Å². The van der Waals surface area contributed by atoms with Crippen molar-refractivity contribution in [2.45, 2.75) is 0 Å². The van der Waals surface area contributed by atoms with E-state index in [1.54, 1.807) is 0 Å². The first-order valence-electron chi connectivity index (χ1n) is 3.09. The molecule has 11 heavy (non-hydrogen) atoms. The average molecular weight is 170 g/mol. The van der Waals surface area contributed by atoms with Crippen LogP contribution >= 0.6 is 11.6 Å². The number of aliphatic imine (C=N–C) groups is 1. The number of hydrogen-bond acceptors (Lipinski definition) is 2. The van der Waals surface area contributed by atoms with Crippen LogP contribution in [0.15, 0.2) is 35.3 Å². The molecule has 0 aliphatic carbocycles. The Kier molecular flexibility index (Phi) is 2.89. The number of nitrogens with two attached hydrogens (primary N) is 1. The first-order valence-corrected chi connectivity index (χ1v) is 3.46. The molecule has 0 saturated carbocycles. The van der Waals surface area contributed by atoms with Gasteiger partial charge >= 0.3 is 0 Å².